The number of aliphatic hydroxyl groups excluding tert-OH is 1. The number of hydrogen-bond acceptors (Lipinski definition) is 3. The number of carbonyl (C=O) groups excluding carboxylic acids is 1. The van der Waals surface area contributed by atoms with Crippen molar-refractivity contribution in [1.29, 1.82) is 0 Å². The van der Waals surface area contributed by atoms with Crippen LogP contribution >= 0.6 is 0 Å². The normalized spacial score (nSPS) is 20.6. The van der Waals surface area contributed by atoms with E-state index in [1.807, 2.05) is 43.5 Å². The lowest BCUT2D eigenvalue weighted by Gasteiger charge is -2.25. The van der Waals surface area contributed by atoms with E-state index in [9.17, 15) is 9.90 Å². The molecule has 2 aromatic rings. The minimum atomic E-state index is -0.253. The Hall–Kier alpha value is -2.34. The van der Waals surface area contributed by atoms with Crippen LogP contribution in [0, 0.1) is 12.8 Å². The van der Waals surface area contributed by atoms with Gasteiger partial charge in [-0.2, -0.15) is 0 Å². The van der Waals surface area contributed by atoms with E-state index in [0.29, 0.717) is 18.3 Å². The number of aliphatic hydroxyl groups is 1. The molecule has 0 radical (unpaired) electrons. The zero-order chi connectivity index (χ0) is 16.9. The predicted molar refractivity (Wildman–Crippen MR) is 93.3 cm³/mol. The van der Waals surface area contributed by atoms with Gasteiger partial charge in [0.2, 0.25) is 0 Å². The maximum absolute atomic E-state index is 12.1. The summed E-state index contributed by atoms with van der Waals surface area (Å²) in [6, 6.07) is 9.52. The molecule has 6 nitrogen and oxygen atoms in total. The van der Waals surface area contributed by atoms with Gasteiger partial charge in [0.25, 0.3) is 0 Å². The number of carbonyl (C=O) groups is 1. The molecule has 2 atom stereocenters. The average Bonchev–Trinajstić information content (AvgIpc) is 2.95. The van der Waals surface area contributed by atoms with E-state index in [0.717, 1.165) is 36.9 Å². The second kappa shape index (κ2) is 7.49. The van der Waals surface area contributed by atoms with Gasteiger partial charge in [0.15, 0.2) is 5.82 Å². The molecule has 0 aliphatic heterocycles. The van der Waals surface area contributed by atoms with Crippen molar-refractivity contribution >= 4 is 11.8 Å². The van der Waals surface area contributed by atoms with Crippen molar-refractivity contribution in [2.24, 2.45) is 5.92 Å². The molecule has 3 N–H and O–H groups in total. The van der Waals surface area contributed by atoms with E-state index in [1.54, 1.807) is 4.68 Å². The Labute approximate surface area is 141 Å². The van der Waals surface area contributed by atoms with Crippen LogP contribution in [0.3, 0.4) is 0 Å². The highest BCUT2D eigenvalue weighted by Crippen LogP contribution is 2.23. The van der Waals surface area contributed by atoms with Crippen molar-refractivity contribution in [1.82, 2.24) is 15.1 Å². The Kier molecular flexibility index (Phi) is 5.15. The summed E-state index contributed by atoms with van der Waals surface area (Å²) in [7, 11) is 0. The maximum atomic E-state index is 12.1. The maximum Gasteiger partial charge on any atom is 0.320 e. The minimum Gasteiger partial charge on any atom is -0.393 e. The minimum absolute atomic E-state index is 0.225. The zero-order valence-corrected chi connectivity index (χ0v) is 13.9. The number of amides is 2. The summed E-state index contributed by atoms with van der Waals surface area (Å²) in [5.41, 5.74) is 1.85. The number of hydrogen-bond donors (Lipinski definition) is 3. The topological polar surface area (TPSA) is 79.2 Å². The van der Waals surface area contributed by atoms with E-state index in [2.05, 4.69) is 15.7 Å². The summed E-state index contributed by atoms with van der Waals surface area (Å²) in [6.07, 6.45) is 5.38. The van der Waals surface area contributed by atoms with E-state index >= 15 is 0 Å². The van der Waals surface area contributed by atoms with Gasteiger partial charge in [-0.05, 0) is 44.2 Å². The van der Waals surface area contributed by atoms with Crippen molar-refractivity contribution in [3.63, 3.8) is 0 Å². The Morgan fingerprint density at radius 1 is 1.33 bits per heavy atom. The van der Waals surface area contributed by atoms with E-state index in [-0.39, 0.29) is 12.1 Å². The van der Waals surface area contributed by atoms with Gasteiger partial charge in [-0.15, -0.1) is 5.10 Å². The summed E-state index contributed by atoms with van der Waals surface area (Å²) in [5, 5.41) is 19.8. The molecule has 0 saturated heterocycles. The summed E-state index contributed by atoms with van der Waals surface area (Å²) in [6.45, 7) is 2.50. The van der Waals surface area contributed by atoms with Crippen LogP contribution in [0.1, 0.15) is 31.2 Å². The molecule has 0 spiro atoms. The van der Waals surface area contributed by atoms with Crippen molar-refractivity contribution in [2.45, 2.75) is 38.7 Å². The van der Waals surface area contributed by atoms with Gasteiger partial charge < -0.3 is 10.4 Å². The highest BCUT2D eigenvalue weighted by Gasteiger charge is 2.20. The Balaban J connectivity index is 1.56. The van der Waals surface area contributed by atoms with E-state index in [1.165, 1.54) is 0 Å². The van der Waals surface area contributed by atoms with E-state index < -0.39 is 0 Å². The quantitative estimate of drug-likeness (QED) is 0.807. The summed E-state index contributed by atoms with van der Waals surface area (Å²) in [5.74, 6) is 0.905. The lowest BCUT2D eigenvalue weighted by molar-refractivity contribution is 0.101. The highest BCUT2D eigenvalue weighted by atomic mass is 16.3. The SMILES string of the molecule is Cc1cn(-c2ccccc2)nc1NC(=O)NCC1CCCC(O)C1. The Bertz CT molecular complexity index is 684. The number of urea groups is 1. The molecular formula is C18H24N4O2. The molecule has 2 unspecified atom stereocenters. The van der Waals surface area contributed by atoms with Gasteiger partial charge in [0.05, 0.1) is 11.8 Å². The molecule has 1 aromatic carbocycles. The number of nitrogens with one attached hydrogen (secondary N) is 2. The molecule has 1 aromatic heterocycles. The van der Waals surface area contributed by atoms with Gasteiger partial charge in [0, 0.05) is 18.3 Å². The molecule has 24 heavy (non-hydrogen) atoms. The summed E-state index contributed by atoms with van der Waals surface area (Å²) < 4.78 is 1.75. The number of nitrogens with zero attached hydrogens (tertiary/aromatic N) is 2. The fourth-order valence-electron chi connectivity index (χ4n) is 3.13. The van der Waals surface area contributed by atoms with Crippen LogP contribution in [0.15, 0.2) is 36.5 Å². The van der Waals surface area contributed by atoms with Crippen LogP contribution in [0.4, 0.5) is 10.6 Å². The first-order valence-corrected chi connectivity index (χ1v) is 8.46. The summed E-state index contributed by atoms with van der Waals surface area (Å²) >= 11 is 0. The summed E-state index contributed by atoms with van der Waals surface area (Å²) in [4.78, 5) is 12.1. The van der Waals surface area contributed by atoms with Gasteiger partial charge in [-0.1, -0.05) is 24.6 Å². The Morgan fingerprint density at radius 3 is 2.88 bits per heavy atom. The predicted octanol–water partition coefficient (Wildman–Crippen LogP) is 2.85. The molecule has 1 aliphatic carbocycles. The number of aryl methyl sites for hydroxylation is 1. The molecular weight excluding hydrogens is 304 g/mol. The average molecular weight is 328 g/mol. The van der Waals surface area contributed by atoms with Crippen LogP contribution in [0.5, 0.6) is 0 Å². The van der Waals surface area contributed by atoms with Gasteiger partial charge in [-0.25, -0.2) is 9.48 Å². The largest absolute Gasteiger partial charge is 0.393 e. The van der Waals surface area contributed by atoms with Crippen molar-refractivity contribution in [2.75, 3.05) is 11.9 Å². The van der Waals surface area contributed by atoms with Gasteiger partial charge in [-0.3, -0.25) is 5.32 Å². The first-order valence-electron chi connectivity index (χ1n) is 8.46. The number of rotatable bonds is 4. The third-order valence-corrected chi connectivity index (χ3v) is 4.46. The second-order valence-corrected chi connectivity index (χ2v) is 6.46. The Morgan fingerprint density at radius 2 is 2.12 bits per heavy atom. The third-order valence-electron chi connectivity index (χ3n) is 4.46. The smallest absolute Gasteiger partial charge is 0.320 e. The van der Waals surface area contributed by atoms with Gasteiger partial charge >= 0.3 is 6.03 Å². The fraction of sp³-hybridized carbons (Fsp3) is 0.444. The lowest BCUT2D eigenvalue weighted by Crippen LogP contribution is -2.35. The monoisotopic (exact) mass is 328 g/mol. The van der Waals surface area contributed by atoms with Crippen molar-refractivity contribution in [3.8, 4) is 5.69 Å². The number of aromatic nitrogens is 2. The third kappa shape index (κ3) is 4.14. The first-order chi connectivity index (χ1) is 11.6. The zero-order valence-electron chi connectivity index (χ0n) is 13.9. The van der Waals surface area contributed by atoms with Crippen LogP contribution in [-0.4, -0.2) is 33.6 Å². The molecule has 0 bridgehead atoms. The van der Waals surface area contributed by atoms with Crippen LogP contribution in [-0.2, 0) is 0 Å². The molecule has 6 heteroatoms. The molecule has 1 saturated carbocycles. The van der Waals surface area contributed by atoms with Crippen LogP contribution < -0.4 is 10.6 Å². The van der Waals surface area contributed by atoms with E-state index in [4.69, 9.17) is 0 Å². The standard InChI is InChI=1S/C18H24N4O2/c1-13-12-22(15-7-3-2-4-8-15)21-17(13)20-18(24)19-11-14-6-5-9-16(23)10-14/h2-4,7-8,12,14,16,23H,5-6,9-11H2,1H3,(H2,19,20,21,24). The van der Waals surface area contributed by atoms with Gasteiger partial charge in [0.1, 0.15) is 0 Å². The second-order valence-electron chi connectivity index (χ2n) is 6.46. The molecule has 128 valence electrons. The number of para-hydroxylation sites is 1. The molecule has 1 aliphatic rings. The fourth-order valence-corrected chi connectivity index (χ4v) is 3.13. The van der Waals surface area contributed by atoms with Crippen molar-refractivity contribution in [3.05, 3.63) is 42.1 Å². The van der Waals surface area contributed by atoms with Crippen molar-refractivity contribution < 1.29 is 9.90 Å². The van der Waals surface area contributed by atoms with Crippen LogP contribution in [0.2, 0.25) is 0 Å². The molecule has 1 fully saturated rings. The first kappa shape index (κ1) is 16.5. The number of benzene rings is 1. The van der Waals surface area contributed by atoms with Crippen LogP contribution in [0.25, 0.3) is 5.69 Å². The number of anilines is 1. The molecule has 2 amide bonds. The highest BCUT2D eigenvalue weighted by molar-refractivity contribution is 5.88. The molecule has 3 rings (SSSR count). The molecule has 1 heterocycles. The lowest BCUT2D eigenvalue weighted by atomic mass is 9.87.